The van der Waals surface area contributed by atoms with Gasteiger partial charge < -0.3 is 10.3 Å². The molecular weight excluding hydrogens is 372 g/mol. The first kappa shape index (κ1) is 19.5. The molecule has 0 spiro atoms. The monoisotopic (exact) mass is 394 g/mol. The maximum atomic E-state index is 9.38. The Morgan fingerprint density at radius 3 is 2.53 bits per heavy atom. The summed E-state index contributed by atoms with van der Waals surface area (Å²) in [4.78, 5) is 13.8. The largest absolute Gasteiger partial charge is 0.330 e. The maximum Gasteiger partial charge on any atom is 0.159 e. The first-order valence-electron chi connectivity index (χ1n) is 9.81. The normalized spacial score (nSPS) is 10.7. The van der Waals surface area contributed by atoms with Crippen molar-refractivity contribution in [3.8, 4) is 28.7 Å². The molecule has 0 aliphatic rings. The van der Waals surface area contributed by atoms with Crippen molar-refractivity contribution in [1.29, 1.82) is 5.26 Å². The molecule has 0 aliphatic heterocycles. The molecule has 0 atom stereocenters. The van der Waals surface area contributed by atoms with Gasteiger partial charge in [0, 0.05) is 36.3 Å². The average Bonchev–Trinajstić information content (AvgIpc) is 3.15. The van der Waals surface area contributed by atoms with E-state index >= 15 is 0 Å². The fourth-order valence-electron chi connectivity index (χ4n) is 3.40. The molecule has 0 amide bonds. The van der Waals surface area contributed by atoms with E-state index in [9.17, 15) is 5.26 Å². The average molecular weight is 394 g/mol. The van der Waals surface area contributed by atoms with Crippen molar-refractivity contribution in [3.05, 3.63) is 89.6 Å². The Labute approximate surface area is 175 Å². The van der Waals surface area contributed by atoms with Crippen LogP contribution in [0.4, 0.5) is 0 Å². The van der Waals surface area contributed by atoms with Crippen LogP contribution in [0.3, 0.4) is 0 Å². The zero-order chi connectivity index (χ0) is 20.9. The van der Waals surface area contributed by atoms with Crippen LogP contribution in [0.15, 0.2) is 67.1 Å². The van der Waals surface area contributed by atoms with Gasteiger partial charge in [-0.3, -0.25) is 0 Å². The molecule has 0 aliphatic carbocycles. The van der Waals surface area contributed by atoms with Crippen LogP contribution in [0.2, 0.25) is 0 Å². The highest BCUT2D eigenvalue weighted by Crippen LogP contribution is 2.25. The van der Waals surface area contributed by atoms with Crippen LogP contribution in [0, 0.1) is 18.3 Å². The lowest BCUT2D eigenvalue weighted by Crippen LogP contribution is -2.06. The Balaban J connectivity index is 1.70. The summed E-state index contributed by atoms with van der Waals surface area (Å²) >= 11 is 0. The van der Waals surface area contributed by atoms with Crippen molar-refractivity contribution < 1.29 is 0 Å². The Bertz CT molecular complexity index is 1190. The number of aryl methyl sites for hydroxylation is 1. The first-order chi connectivity index (χ1) is 14.7. The Morgan fingerprint density at radius 1 is 1.07 bits per heavy atom. The van der Waals surface area contributed by atoms with Gasteiger partial charge in [-0.2, -0.15) is 5.26 Å². The van der Waals surface area contributed by atoms with Crippen molar-refractivity contribution in [2.24, 2.45) is 5.73 Å². The van der Waals surface area contributed by atoms with E-state index in [0.717, 1.165) is 40.2 Å². The highest BCUT2D eigenvalue weighted by Gasteiger charge is 2.13. The molecule has 4 aromatic rings. The zero-order valence-electron chi connectivity index (χ0n) is 16.8. The number of aromatic nitrogens is 4. The summed E-state index contributed by atoms with van der Waals surface area (Å²) in [5.74, 6) is 1.54. The van der Waals surface area contributed by atoms with Gasteiger partial charge in [0.25, 0.3) is 0 Å². The highest BCUT2D eigenvalue weighted by molar-refractivity contribution is 5.62. The third kappa shape index (κ3) is 4.12. The van der Waals surface area contributed by atoms with Crippen LogP contribution in [0.25, 0.3) is 22.6 Å². The topological polar surface area (TPSA) is 93.4 Å². The van der Waals surface area contributed by atoms with Crippen molar-refractivity contribution in [3.63, 3.8) is 0 Å². The van der Waals surface area contributed by atoms with Crippen molar-refractivity contribution >= 4 is 0 Å². The lowest BCUT2D eigenvalue weighted by Gasteiger charge is -2.11. The van der Waals surface area contributed by atoms with E-state index in [1.807, 2.05) is 68.0 Å². The van der Waals surface area contributed by atoms with Crippen LogP contribution in [-0.4, -0.2) is 26.1 Å². The molecule has 0 saturated heterocycles. The molecule has 2 N–H and O–H groups in total. The van der Waals surface area contributed by atoms with Crippen LogP contribution in [0.5, 0.6) is 0 Å². The molecular formula is C24H22N6. The number of rotatable bonds is 6. The van der Waals surface area contributed by atoms with E-state index in [1.54, 1.807) is 6.07 Å². The molecule has 6 nitrogen and oxygen atoms in total. The van der Waals surface area contributed by atoms with Gasteiger partial charge in [0.2, 0.25) is 0 Å². The Kier molecular flexibility index (Phi) is 5.64. The Morgan fingerprint density at radius 2 is 1.83 bits per heavy atom. The molecule has 148 valence electrons. The number of hydrogen-bond acceptors (Lipinski definition) is 5. The minimum Gasteiger partial charge on any atom is -0.330 e. The molecule has 6 heteroatoms. The number of imidazole rings is 1. The summed E-state index contributed by atoms with van der Waals surface area (Å²) in [5, 5.41) is 9.38. The summed E-state index contributed by atoms with van der Waals surface area (Å²) in [6.45, 7) is 3.12. The standard InChI is InChI=1S/C24H22N6/c1-17-29-23(20-5-3-2-4-6-20)16-30(17)15-21-11-18(12-26)7-8-22(21)24-27-13-19(9-10-25)14-28-24/h2-8,11,13-14,16H,9-10,15,25H2,1H3. The van der Waals surface area contributed by atoms with E-state index < -0.39 is 0 Å². The fraction of sp³-hybridized carbons (Fsp3) is 0.167. The molecule has 4 rings (SSSR count). The summed E-state index contributed by atoms with van der Waals surface area (Å²) in [7, 11) is 0. The SMILES string of the molecule is Cc1nc(-c2ccccc2)cn1Cc1cc(C#N)ccc1-c1ncc(CCN)cn1. The van der Waals surface area contributed by atoms with Crippen LogP contribution < -0.4 is 5.73 Å². The van der Waals surface area contributed by atoms with Gasteiger partial charge in [-0.05, 0) is 49.2 Å². The van der Waals surface area contributed by atoms with E-state index in [2.05, 4.69) is 20.6 Å². The van der Waals surface area contributed by atoms with Crippen molar-refractivity contribution in [2.45, 2.75) is 19.9 Å². The molecule has 0 saturated carbocycles. The van der Waals surface area contributed by atoms with Gasteiger partial charge in [-0.1, -0.05) is 30.3 Å². The number of nitrogens with zero attached hydrogens (tertiary/aromatic N) is 5. The number of benzene rings is 2. The van der Waals surface area contributed by atoms with Crippen LogP contribution >= 0.6 is 0 Å². The predicted molar refractivity (Wildman–Crippen MR) is 116 cm³/mol. The quantitative estimate of drug-likeness (QED) is 0.538. The van der Waals surface area contributed by atoms with Gasteiger partial charge in [0.15, 0.2) is 5.82 Å². The minimum atomic E-state index is 0.564. The number of nitrogens with two attached hydrogens (primary N) is 1. The minimum absolute atomic E-state index is 0.564. The molecule has 0 bridgehead atoms. The van der Waals surface area contributed by atoms with Gasteiger partial charge >= 0.3 is 0 Å². The third-order valence-corrected chi connectivity index (χ3v) is 5.00. The van der Waals surface area contributed by atoms with E-state index in [-0.39, 0.29) is 0 Å². The van der Waals surface area contributed by atoms with Crippen molar-refractivity contribution in [1.82, 2.24) is 19.5 Å². The second-order valence-corrected chi connectivity index (χ2v) is 7.10. The molecule has 2 aromatic carbocycles. The number of hydrogen-bond donors (Lipinski definition) is 1. The smallest absolute Gasteiger partial charge is 0.159 e. The van der Waals surface area contributed by atoms with Crippen LogP contribution in [0.1, 0.15) is 22.5 Å². The molecule has 30 heavy (non-hydrogen) atoms. The summed E-state index contributed by atoms with van der Waals surface area (Å²) in [5.41, 5.74) is 11.1. The van der Waals surface area contributed by atoms with Gasteiger partial charge in [-0.15, -0.1) is 0 Å². The molecule has 0 radical (unpaired) electrons. The lowest BCUT2D eigenvalue weighted by atomic mass is 10.0. The maximum absolute atomic E-state index is 9.38. The second-order valence-electron chi connectivity index (χ2n) is 7.10. The second kappa shape index (κ2) is 8.68. The third-order valence-electron chi connectivity index (χ3n) is 5.00. The molecule has 2 aromatic heterocycles. The molecule has 0 fully saturated rings. The predicted octanol–water partition coefficient (Wildman–Crippen LogP) is 3.74. The van der Waals surface area contributed by atoms with Crippen LogP contribution in [-0.2, 0) is 13.0 Å². The van der Waals surface area contributed by atoms with Gasteiger partial charge in [0.1, 0.15) is 5.82 Å². The van der Waals surface area contributed by atoms with E-state index in [1.165, 1.54) is 0 Å². The molecule has 2 heterocycles. The summed E-state index contributed by atoms with van der Waals surface area (Å²) < 4.78 is 2.09. The van der Waals surface area contributed by atoms with Gasteiger partial charge in [-0.25, -0.2) is 15.0 Å². The Hall–Kier alpha value is -3.82. The first-order valence-corrected chi connectivity index (χ1v) is 9.81. The molecule has 0 unspecified atom stereocenters. The summed E-state index contributed by atoms with van der Waals surface area (Å²) in [6.07, 6.45) is 6.41. The summed E-state index contributed by atoms with van der Waals surface area (Å²) in [6, 6.07) is 17.9. The number of nitriles is 1. The highest BCUT2D eigenvalue weighted by atomic mass is 15.1. The lowest BCUT2D eigenvalue weighted by molar-refractivity contribution is 0.762. The van der Waals surface area contributed by atoms with Gasteiger partial charge in [0.05, 0.1) is 17.3 Å². The zero-order valence-corrected chi connectivity index (χ0v) is 16.8. The van der Waals surface area contributed by atoms with Crippen molar-refractivity contribution in [2.75, 3.05) is 6.54 Å². The fourth-order valence-corrected chi connectivity index (χ4v) is 3.40. The van der Waals surface area contributed by atoms with E-state index in [4.69, 9.17) is 10.7 Å². The van der Waals surface area contributed by atoms with E-state index in [0.29, 0.717) is 24.5 Å².